The first-order valence-electron chi connectivity index (χ1n) is 8.84. The van der Waals surface area contributed by atoms with Crippen molar-refractivity contribution in [1.82, 2.24) is 9.80 Å². The van der Waals surface area contributed by atoms with Gasteiger partial charge in [0.2, 0.25) is 0 Å². The molecule has 1 aliphatic rings. The number of hydrogen-bond acceptors (Lipinski definition) is 3. The minimum Gasteiger partial charge on any atom is -0.389 e. The predicted molar refractivity (Wildman–Crippen MR) is 93.7 cm³/mol. The van der Waals surface area contributed by atoms with Gasteiger partial charge in [0, 0.05) is 38.3 Å². The number of piperazine rings is 1. The summed E-state index contributed by atoms with van der Waals surface area (Å²) < 4.78 is 0. The number of rotatable bonds is 6. The third-order valence-corrected chi connectivity index (χ3v) is 5.10. The summed E-state index contributed by atoms with van der Waals surface area (Å²) in [5, 5.41) is 10.5. The molecule has 0 saturated carbocycles. The number of nitrogens with zero attached hydrogens (tertiary/aromatic N) is 2. The number of carbonyl (C=O) groups excluding carboxylic acids is 1. The fraction of sp³-hybridized carbons (Fsp3) is 0.632. The molecule has 23 heavy (non-hydrogen) atoms. The van der Waals surface area contributed by atoms with E-state index in [-0.39, 0.29) is 5.91 Å². The van der Waals surface area contributed by atoms with Crippen molar-refractivity contribution in [3.05, 3.63) is 35.4 Å². The van der Waals surface area contributed by atoms with Crippen LogP contribution in [-0.4, -0.2) is 59.1 Å². The lowest BCUT2D eigenvalue weighted by atomic mass is 9.96. The topological polar surface area (TPSA) is 43.8 Å². The number of hydrogen-bond donors (Lipinski definition) is 1. The fourth-order valence-corrected chi connectivity index (χ4v) is 3.06. The van der Waals surface area contributed by atoms with Gasteiger partial charge in [-0.1, -0.05) is 32.9 Å². The number of benzene rings is 1. The second-order valence-electron chi connectivity index (χ2n) is 6.55. The molecule has 0 unspecified atom stereocenters. The van der Waals surface area contributed by atoms with Gasteiger partial charge >= 0.3 is 0 Å². The molecule has 1 N–H and O–H groups in total. The van der Waals surface area contributed by atoms with E-state index in [1.54, 1.807) is 0 Å². The lowest BCUT2D eigenvalue weighted by Gasteiger charge is -2.39. The number of β-amino-alcohol motifs (C(OH)–C–C–N with tert-alkyl or cyclic N) is 1. The number of aryl methyl sites for hydroxylation is 1. The number of amides is 1. The van der Waals surface area contributed by atoms with E-state index < -0.39 is 5.60 Å². The van der Waals surface area contributed by atoms with E-state index >= 15 is 0 Å². The van der Waals surface area contributed by atoms with Crippen molar-refractivity contribution in [3.8, 4) is 0 Å². The van der Waals surface area contributed by atoms with Crippen LogP contribution in [0.4, 0.5) is 0 Å². The Morgan fingerprint density at radius 3 is 2.09 bits per heavy atom. The fourth-order valence-electron chi connectivity index (χ4n) is 3.06. The highest BCUT2D eigenvalue weighted by Crippen LogP contribution is 2.18. The van der Waals surface area contributed by atoms with Gasteiger partial charge in [0.05, 0.1) is 5.60 Å². The quantitative estimate of drug-likeness (QED) is 0.877. The van der Waals surface area contributed by atoms with Crippen LogP contribution in [0.2, 0.25) is 0 Å². The molecule has 0 bridgehead atoms. The maximum atomic E-state index is 12.6. The molecular formula is C19H30N2O2. The molecule has 0 spiro atoms. The largest absolute Gasteiger partial charge is 0.389 e. The minimum atomic E-state index is -0.595. The van der Waals surface area contributed by atoms with E-state index in [9.17, 15) is 9.90 Å². The van der Waals surface area contributed by atoms with Gasteiger partial charge in [-0.3, -0.25) is 9.69 Å². The van der Waals surface area contributed by atoms with Crippen molar-refractivity contribution in [1.29, 1.82) is 0 Å². The van der Waals surface area contributed by atoms with Gasteiger partial charge < -0.3 is 10.0 Å². The molecule has 128 valence electrons. The van der Waals surface area contributed by atoms with E-state index in [0.29, 0.717) is 6.54 Å². The van der Waals surface area contributed by atoms with Gasteiger partial charge in [-0.15, -0.1) is 0 Å². The van der Waals surface area contributed by atoms with Crippen LogP contribution in [0.3, 0.4) is 0 Å². The van der Waals surface area contributed by atoms with Crippen molar-refractivity contribution < 1.29 is 9.90 Å². The molecule has 1 aromatic rings. The SMILES string of the molecule is CCc1ccc(C(=O)N2CCN(CC(O)(CC)CC)CC2)cc1. The smallest absolute Gasteiger partial charge is 0.253 e. The van der Waals surface area contributed by atoms with Crippen molar-refractivity contribution in [2.75, 3.05) is 32.7 Å². The van der Waals surface area contributed by atoms with Crippen LogP contribution in [0.1, 0.15) is 49.5 Å². The molecule has 4 nitrogen and oxygen atoms in total. The molecule has 4 heteroatoms. The minimum absolute atomic E-state index is 0.119. The van der Waals surface area contributed by atoms with E-state index in [0.717, 1.165) is 51.0 Å². The van der Waals surface area contributed by atoms with Crippen LogP contribution >= 0.6 is 0 Å². The molecule has 1 heterocycles. The first kappa shape index (κ1) is 18.0. The Labute approximate surface area is 140 Å². The molecule has 0 radical (unpaired) electrons. The summed E-state index contributed by atoms with van der Waals surface area (Å²) in [5.74, 6) is 0.119. The monoisotopic (exact) mass is 318 g/mol. The molecule has 0 aliphatic carbocycles. The Balaban J connectivity index is 1.89. The van der Waals surface area contributed by atoms with Gasteiger partial charge in [-0.05, 0) is 37.0 Å². The average Bonchev–Trinajstić information content (AvgIpc) is 2.61. The maximum Gasteiger partial charge on any atom is 0.253 e. The van der Waals surface area contributed by atoms with Crippen LogP contribution in [0.25, 0.3) is 0 Å². The molecule has 1 aromatic carbocycles. The van der Waals surface area contributed by atoms with Crippen LogP contribution in [0.15, 0.2) is 24.3 Å². The molecule has 2 rings (SSSR count). The lowest BCUT2D eigenvalue weighted by Crippen LogP contribution is -2.53. The van der Waals surface area contributed by atoms with Gasteiger partial charge in [0.1, 0.15) is 0 Å². The standard InChI is InChI=1S/C19H30N2O2/c1-4-16-7-9-17(10-8-16)18(22)21-13-11-20(12-14-21)15-19(23,5-2)6-3/h7-10,23H,4-6,11-15H2,1-3H3. The Hall–Kier alpha value is -1.39. The zero-order chi connectivity index (χ0) is 16.9. The zero-order valence-corrected chi connectivity index (χ0v) is 14.7. The summed E-state index contributed by atoms with van der Waals surface area (Å²) in [4.78, 5) is 16.8. The predicted octanol–water partition coefficient (Wildman–Crippen LogP) is 2.56. The van der Waals surface area contributed by atoms with E-state index in [2.05, 4.69) is 11.8 Å². The Kier molecular flexibility index (Phi) is 6.19. The van der Waals surface area contributed by atoms with E-state index in [1.165, 1.54) is 5.56 Å². The summed E-state index contributed by atoms with van der Waals surface area (Å²) in [5.41, 5.74) is 1.43. The van der Waals surface area contributed by atoms with Crippen LogP contribution < -0.4 is 0 Å². The third-order valence-electron chi connectivity index (χ3n) is 5.10. The summed E-state index contributed by atoms with van der Waals surface area (Å²) in [7, 11) is 0. The van der Waals surface area contributed by atoms with Crippen LogP contribution in [0, 0.1) is 0 Å². The first-order chi connectivity index (χ1) is 11.0. The first-order valence-corrected chi connectivity index (χ1v) is 8.84. The van der Waals surface area contributed by atoms with Crippen molar-refractivity contribution in [2.45, 2.75) is 45.6 Å². The van der Waals surface area contributed by atoms with Crippen molar-refractivity contribution >= 4 is 5.91 Å². The Morgan fingerprint density at radius 1 is 1.04 bits per heavy atom. The molecule has 1 aliphatic heterocycles. The highest BCUT2D eigenvalue weighted by atomic mass is 16.3. The summed E-state index contributed by atoms with van der Waals surface area (Å²) in [6.07, 6.45) is 2.53. The molecular weight excluding hydrogens is 288 g/mol. The molecule has 1 saturated heterocycles. The lowest BCUT2D eigenvalue weighted by molar-refractivity contribution is -0.0139. The normalized spacial score (nSPS) is 16.6. The van der Waals surface area contributed by atoms with E-state index in [1.807, 2.05) is 43.0 Å². The second-order valence-corrected chi connectivity index (χ2v) is 6.55. The zero-order valence-electron chi connectivity index (χ0n) is 14.7. The summed E-state index contributed by atoms with van der Waals surface area (Å²) in [6, 6.07) is 7.93. The van der Waals surface area contributed by atoms with E-state index in [4.69, 9.17) is 0 Å². The van der Waals surface area contributed by atoms with Crippen molar-refractivity contribution in [3.63, 3.8) is 0 Å². The molecule has 1 fully saturated rings. The summed E-state index contributed by atoms with van der Waals surface area (Å²) >= 11 is 0. The third kappa shape index (κ3) is 4.55. The highest BCUT2D eigenvalue weighted by Gasteiger charge is 2.29. The molecule has 1 amide bonds. The van der Waals surface area contributed by atoms with Crippen LogP contribution in [0.5, 0.6) is 0 Å². The van der Waals surface area contributed by atoms with Gasteiger partial charge in [0.25, 0.3) is 5.91 Å². The molecule has 0 atom stereocenters. The van der Waals surface area contributed by atoms with Gasteiger partial charge in [-0.2, -0.15) is 0 Å². The number of aliphatic hydroxyl groups is 1. The number of carbonyl (C=O) groups is 1. The van der Waals surface area contributed by atoms with Crippen molar-refractivity contribution in [2.24, 2.45) is 0 Å². The van der Waals surface area contributed by atoms with Gasteiger partial charge in [0.15, 0.2) is 0 Å². The average molecular weight is 318 g/mol. The second kappa shape index (κ2) is 7.93. The Morgan fingerprint density at radius 2 is 1.61 bits per heavy atom. The van der Waals surface area contributed by atoms with Gasteiger partial charge in [-0.25, -0.2) is 0 Å². The highest BCUT2D eigenvalue weighted by molar-refractivity contribution is 5.94. The summed E-state index contributed by atoms with van der Waals surface area (Å²) in [6.45, 7) is 10.0. The molecule has 0 aromatic heterocycles. The van der Waals surface area contributed by atoms with Crippen LogP contribution in [-0.2, 0) is 6.42 Å². The maximum absolute atomic E-state index is 12.6. The Bertz CT molecular complexity index is 501.